The molecule has 1 N–H and O–H groups in total. The van der Waals surface area contributed by atoms with Gasteiger partial charge in [0.1, 0.15) is 0 Å². The van der Waals surface area contributed by atoms with Crippen LogP contribution in [0.25, 0.3) is 0 Å². The highest BCUT2D eigenvalue weighted by atomic mass is 16.5. The van der Waals surface area contributed by atoms with E-state index in [9.17, 15) is 0 Å². The van der Waals surface area contributed by atoms with Crippen LogP contribution in [0, 0.1) is 11.8 Å². The second-order valence-electron chi connectivity index (χ2n) is 4.89. The van der Waals surface area contributed by atoms with Gasteiger partial charge in [-0.2, -0.15) is 0 Å². The van der Waals surface area contributed by atoms with Crippen LogP contribution in [0.3, 0.4) is 0 Å². The minimum Gasteiger partial charge on any atom is -0.411 e. The third kappa shape index (κ3) is 1.47. The lowest BCUT2D eigenvalue weighted by atomic mass is 9.92. The molecular weight excluding hydrogens is 192 g/mol. The predicted molar refractivity (Wildman–Crippen MR) is 56.2 cm³/mol. The molecule has 0 unspecified atom stereocenters. The molecule has 0 spiro atoms. The summed E-state index contributed by atoms with van der Waals surface area (Å²) in [6.07, 6.45) is 3.78. The summed E-state index contributed by atoms with van der Waals surface area (Å²) in [7, 11) is 0. The SMILES string of the molecule is O/N=C1/[C@H]2CC[C@H](C2)[C@@H]1N1CCOCC1. The molecule has 84 valence electrons. The summed E-state index contributed by atoms with van der Waals surface area (Å²) in [5.74, 6) is 1.30. The van der Waals surface area contributed by atoms with Gasteiger partial charge in [0.15, 0.2) is 0 Å². The van der Waals surface area contributed by atoms with E-state index < -0.39 is 0 Å². The lowest BCUT2D eigenvalue weighted by Gasteiger charge is -2.36. The monoisotopic (exact) mass is 210 g/mol. The van der Waals surface area contributed by atoms with E-state index in [4.69, 9.17) is 9.94 Å². The van der Waals surface area contributed by atoms with E-state index in [2.05, 4.69) is 10.1 Å². The molecular formula is C11H18N2O2. The first-order chi connectivity index (χ1) is 7.40. The molecule has 0 aromatic heterocycles. The molecule has 4 heteroatoms. The highest BCUT2D eigenvalue weighted by molar-refractivity contribution is 5.94. The Labute approximate surface area is 89.9 Å². The van der Waals surface area contributed by atoms with Crippen LogP contribution in [0.5, 0.6) is 0 Å². The number of oxime groups is 1. The maximum absolute atomic E-state index is 9.12. The van der Waals surface area contributed by atoms with Crippen LogP contribution in [0.1, 0.15) is 19.3 Å². The van der Waals surface area contributed by atoms with Crippen molar-refractivity contribution in [3.8, 4) is 0 Å². The number of hydrogen-bond acceptors (Lipinski definition) is 4. The van der Waals surface area contributed by atoms with Gasteiger partial charge in [0, 0.05) is 19.0 Å². The second-order valence-corrected chi connectivity index (χ2v) is 4.89. The first kappa shape index (κ1) is 9.60. The Morgan fingerprint density at radius 2 is 2.07 bits per heavy atom. The van der Waals surface area contributed by atoms with Gasteiger partial charge in [-0.1, -0.05) is 5.16 Å². The molecule has 1 aliphatic heterocycles. The molecule has 0 aromatic carbocycles. The normalized spacial score (nSPS) is 44.0. The van der Waals surface area contributed by atoms with Crippen LogP contribution < -0.4 is 0 Å². The Morgan fingerprint density at radius 1 is 1.27 bits per heavy atom. The molecule has 2 saturated carbocycles. The summed E-state index contributed by atoms with van der Waals surface area (Å²) in [5.41, 5.74) is 1.05. The molecule has 0 amide bonds. The summed E-state index contributed by atoms with van der Waals surface area (Å²) < 4.78 is 5.36. The standard InChI is InChI=1S/C11H18N2O2/c14-12-10-8-1-2-9(7-8)11(10)13-3-5-15-6-4-13/h8-9,11,14H,1-7H2/b12-10-/t8-,9+,11-/m0/s1. The quantitative estimate of drug-likeness (QED) is 0.517. The van der Waals surface area contributed by atoms with E-state index in [1.54, 1.807) is 0 Å². The fourth-order valence-electron chi connectivity index (χ4n) is 3.54. The van der Waals surface area contributed by atoms with Gasteiger partial charge in [0.25, 0.3) is 0 Å². The minimum absolute atomic E-state index is 0.414. The maximum atomic E-state index is 9.12. The van der Waals surface area contributed by atoms with Gasteiger partial charge in [-0.15, -0.1) is 0 Å². The third-order valence-corrected chi connectivity index (χ3v) is 4.20. The highest BCUT2D eigenvalue weighted by Crippen LogP contribution is 2.45. The van der Waals surface area contributed by atoms with Gasteiger partial charge in [0.2, 0.25) is 0 Å². The van der Waals surface area contributed by atoms with Crippen molar-refractivity contribution in [3.63, 3.8) is 0 Å². The molecule has 0 aromatic rings. The van der Waals surface area contributed by atoms with Gasteiger partial charge in [-0.3, -0.25) is 4.90 Å². The molecule has 15 heavy (non-hydrogen) atoms. The van der Waals surface area contributed by atoms with Gasteiger partial charge in [-0.25, -0.2) is 0 Å². The van der Waals surface area contributed by atoms with E-state index >= 15 is 0 Å². The van der Waals surface area contributed by atoms with Gasteiger partial charge in [0.05, 0.1) is 25.0 Å². The zero-order valence-corrected chi connectivity index (χ0v) is 8.93. The lowest BCUT2D eigenvalue weighted by molar-refractivity contribution is 0.0199. The van der Waals surface area contributed by atoms with Crippen LogP contribution in [-0.4, -0.2) is 48.2 Å². The van der Waals surface area contributed by atoms with Crippen LogP contribution in [0.4, 0.5) is 0 Å². The molecule has 3 aliphatic rings. The molecule has 4 nitrogen and oxygen atoms in total. The molecule has 1 heterocycles. The summed E-state index contributed by atoms with van der Waals surface area (Å²) in [6, 6.07) is 0.414. The van der Waals surface area contributed by atoms with Crippen molar-refractivity contribution in [2.75, 3.05) is 26.3 Å². The fourth-order valence-corrected chi connectivity index (χ4v) is 3.54. The van der Waals surface area contributed by atoms with Crippen LogP contribution >= 0.6 is 0 Å². The van der Waals surface area contributed by atoms with Crippen molar-refractivity contribution in [1.29, 1.82) is 0 Å². The molecule has 1 saturated heterocycles. The number of nitrogens with zero attached hydrogens (tertiary/aromatic N) is 2. The van der Waals surface area contributed by atoms with Crippen LogP contribution in [0.2, 0.25) is 0 Å². The Balaban J connectivity index is 1.79. The molecule has 0 radical (unpaired) electrons. The second kappa shape index (κ2) is 3.76. The number of rotatable bonds is 1. The van der Waals surface area contributed by atoms with Crippen molar-refractivity contribution >= 4 is 5.71 Å². The summed E-state index contributed by atoms with van der Waals surface area (Å²) >= 11 is 0. The first-order valence-corrected chi connectivity index (χ1v) is 5.94. The number of hydrogen-bond donors (Lipinski definition) is 1. The van der Waals surface area contributed by atoms with E-state index in [0.717, 1.165) is 37.9 Å². The molecule has 2 bridgehead atoms. The Morgan fingerprint density at radius 3 is 2.80 bits per heavy atom. The van der Waals surface area contributed by atoms with Crippen LogP contribution in [-0.2, 0) is 4.74 Å². The molecule has 3 atom stereocenters. The van der Waals surface area contributed by atoms with E-state index in [1.165, 1.54) is 19.3 Å². The van der Waals surface area contributed by atoms with E-state index in [0.29, 0.717) is 12.0 Å². The first-order valence-electron chi connectivity index (χ1n) is 5.94. The fraction of sp³-hybridized carbons (Fsp3) is 0.909. The van der Waals surface area contributed by atoms with Crippen LogP contribution in [0.15, 0.2) is 5.16 Å². The van der Waals surface area contributed by atoms with Gasteiger partial charge >= 0.3 is 0 Å². The molecule has 2 aliphatic carbocycles. The summed E-state index contributed by atoms with van der Waals surface area (Å²) in [6.45, 7) is 3.64. The zero-order chi connectivity index (χ0) is 10.3. The van der Waals surface area contributed by atoms with Crippen molar-refractivity contribution in [2.45, 2.75) is 25.3 Å². The average molecular weight is 210 g/mol. The zero-order valence-electron chi connectivity index (χ0n) is 8.93. The number of morpholine rings is 1. The van der Waals surface area contributed by atoms with E-state index in [-0.39, 0.29) is 0 Å². The third-order valence-electron chi connectivity index (χ3n) is 4.20. The molecule has 3 rings (SSSR count). The Kier molecular flexibility index (Phi) is 2.41. The number of fused-ring (bicyclic) bond motifs is 2. The summed E-state index contributed by atoms with van der Waals surface area (Å²) in [5, 5.41) is 12.7. The van der Waals surface area contributed by atoms with Gasteiger partial charge in [-0.05, 0) is 25.2 Å². The van der Waals surface area contributed by atoms with Gasteiger partial charge < -0.3 is 9.94 Å². The predicted octanol–water partition coefficient (Wildman–Crippen LogP) is 0.947. The topological polar surface area (TPSA) is 45.1 Å². The van der Waals surface area contributed by atoms with Crippen molar-refractivity contribution in [2.24, 2.45) is 17.0 Å². The Hall–Kier alpha value is -0.610. The number of ether oxygens (including phenoxy) is 1. The molecule has 3 fully saturated rings. The highest BCUT2D eigenvalue weighted by Gasteiger charge is 2.48. The largest absolute Gasteiger partial charge is 0.411 e. The van der Waals surface area contributed by atoms with Crippen molar-refractivity contribution in [1.82, 2.24) is 4.90 Å². The van der Waals surface area contributed by atoms with Crippen molar-refractivity contribution in [3.05, 3.63) is 0 Å². The lowest BCUT2D eigenvalue weighted by Crippen LogP contribution is -2.49. The summed E-state index contributed by atoms with van der Waals surface area (Å²) in [4.78, 5) is 2.45. The minimum atomic E-state index is 0.414. The van der Waals surface area contributed by atoms with E-state index in [1.807, 2.05) is 0 Å². The Bertz CT molecular complexity index is 274. The average Bonchev–Trinajstić information content (AvgIpc) is 2.89. The smallest absolute Gasteiger partial charge is 0.0775 e. The van der Waals surface area contributed by atoms with Crippen molar-refractivity contribution < 1.29 is 9.94 Å². The maximum Gasteiger partial charge on any atom is 0.0775 e.